The number of urea groups is 1. The highest BCUT2D eigenvalue weighted by Crippen LogP contribution is 2.29. The average Bonchev–Trinajstić information content (AvgIpc) is 2.91. The second kappa shape index (κ2) is 8.27. The van der Waals surface area contributed by atoms with Crippen LogP contribution in [0.15, 0.2) is 18.2 Å². The van der Waals surface area contributed by atoms with Crippen molar-refractivity contribution in [3.8, 4) is 0 Å². The Morgan fingerprint density at radius 1 is 1.36 bits per heavy atom. The Morgan fingerprint density at radius 2 is 2.08 bits per heavy atom. The normalized spacial score (nSPS) is 18.4. The number of hydrogen-bond acceptors (Lipinski definition) is 3. The number of carbonyl (C=O) groups excluding carboxylic acids is 2. The molecule has 3 amide bonds. The van der Waals surface area contributed by atoms with Crippen LogP contribution in [0.2, 0.25) is 0 Å². The maximum atomic E-state index is 13.5. The summed E-state index contributed by atoms with van der Waals surface area (Å²) >= 11 is 0. The summed E-state index contributed by atoms with van der Waals surface area (Å²) in [6.45, 7) is 6.06. The van der Waals surface area contributed by atoms with Crippen molar-refractivity contribution in [2.24, 2.45) is 5.92 Å². The fourth-order valence-corrected chi connectivity index (χ4v) is 3.02. The lowest BCUT2D eigenvalue weighted by molar-refractivity contribution is 0.156. The second-order valence-electron chi connectivity index (χ2n) is 6.70. The third-order valence-corrected chi connectivity index (χ3v) is 4.14. The zero-order chi connectivity index (χ0) is 18.6. The Morgan fingerprint density at radius 3 is 2.68 bits per heavy atom. The number of rotatable bonds is 6. The molecule has 2 atom stereocenters. The second-order valence-corrected chi connectivity index (χ2v) is 6.70. The lowest BCUT2D eigenvalue weighted by Crippen LogP contribution is -2.46. The monoisotopic (exact) mass is 354 g/mol. The molecule has 0 aliphatic carbocycles. The molecule has 0 spiro atoms. The molecule has 2 unspecified atom stereocenters. The fraction of sp³-hybridized carbons (Fsp3) is 0.556. The number of cyclic esters (lactones) is 1. The number of carbonyl (C=O) groups is 2. The molecular weight excluding hydrogens is 330 g/mol. The van der Waals surface area contributed by atoms with E-state index in [9.17, 15) is 18.4 Å². The lowest BCUT2D eigenvalue weighted by Gasteiger charge is -2.25. The van der Waals surface area contributed by atoms with Crippen LogP contribution in [0.1, 0.15) is 51.6 Å². The van der Waals surface area contributed by atoms with Crippen LogP contribution in [0.5, 0.6) is 0 Å². The van der Waals surface area contributed by atoms with E-state index in [0.29, 0.717) is 11.5 Å². The van der Waals surface area contributed by atoms with E-state index in [4.69, 9.17) is 4.74 Å². The molecule has 25 heavy (non-hydrogen) atoms. The van der Waals surface area contributed by atoms with E-state index in [-0.39, 0.29) is 12.6 Å². The third kappa shape index (κ3) is 4.67. The summed E-state index contributed by atoms with van der Waals surface area (Å²) in [4.78, 5) is 25.5. The summed E-state index contributed by atoms with van der Waals surface area (Å²) in [5.41, 5.74) is 0.316. The van der Waals surface area contributed by atoms with E-state index in [1.54, 1.807) is 0 Å². The molecule has 1 aliphatic heterocycles. The summed E-state index contributed by atoms with van der Waals surface area (Å²) in [5, 5.41) is 2.87. The van der Waals surface area contributed by atoms with Crippen molar-refractivity contribution < 1.29 is 23.1 Å². The topological polar surface area (TPSA) is 58.6 Å². The van der Waals surface area contributed by atoms with Gasteiger partial charge in [0.25, 0.3) is 0 Å². The predicted molar refractivity (Wildman–Crippen MR) is 89.0 cm³/mol. The number of benzene rings is 1. The van der Waals surface area contributed by atoms with Gasteiger partial charge < -0.3 is 10.1 Å². The number of ether oxygens (including phenoxy) is 1. The van der Waals surface area contributed by atoms with E-state index in [0.717, 1.165) is 36.3 Å². The number of imide groups is 1. The minimum Gasteiger partial charge on any atom is -0.446 e. The van der Waals surface area contributed by atoms with Gasteiger partial charge in [-0.15, -0.1) is 0 Å². The average molecular weight is 354 g/mol. The molecule has 1 saturated heterocycles. The largest absolute Gasteiger partial charge is 0.446 e. The molecular formula is C18H24F2N2O3. The van der Waals surface area contributed by atoms with Crippen molar-refractivity contribution in [2.75, 3.05) is 6.61 Å². The SMILES string of the molecule is CCCC(CC(C)C)NC(=O)N1C(=O)OCC1c1ccc(F)c(F)c1. The Labute approximate surface area is 146 Å². The van der Waals surface area contributed by atoms with Crippen LogP contribution in [0.4, 0.5) is 18.4 Å². The molecule has 1 fully saturated rings. The quantitative estimate of drug-likeness (QED) is 0.825. The highest BCUT2D eigenvalue weighted by molar-refractivity contribution is 5.92. The maximum Gasteiger partial charge on any atom is 0.418 e. The molecule has 0 aromatic heterocycles. The highest BCUT2D eigenvalue weighted by atomic mass is 19.2. The minimum absolute atomic E-state index is 0.0588. The van der Waals surface area contributed by atoms with Crippen LogP contribution in [-0.4, -0.2) is 29.7 Å². The van der Waals surface area contributed by atoms with Crippen molar-refractivity contribution in [3.05, 3.63) is 35.4 Å². The highest BCUT2D eigenvalue weighted by Gasteiger charge is 2.39. The molecule has 1 aliphatic rings. The Bertz CT molecular complexity index is 637. The van der Waals surface area contributed by atoms with Gasteiger partial charge in [-0.25, -0.2) is 23.3 Å². The van der Waals surface area contributed by atoms with Crippen molar-refractivity contribution in [3.63, 3.8) is 0 Å². The lowest BCUT2D eigenvalue weighted by atomic mass is 10.00. The molecule has 1 N–H and O–H groups in total. The first-order valence-electron chi connectivity index (χ1n) is 8.54. The molecule has 1 aromatic rings. The number of hydrogen-bond donors (Lipinski definition) is 1. The molecule has 1 aromatic carbocycles. The van der Waals surface area contributed by atoms with Crippen LogP contribution in [0.3, 0.4) is 0 Å². The van der Waals surface area contributed by atoms with Gasteiger partial charge in [0, 0.05) is 6.04 Å². The van der Waals surface area contributed by atoms with Gasteiger partial charge in [0.2, 0.25) is 0 Å². The molecule has 138 valence electrons. The summed E-state index contributed by atoms with van der Waals surface area (Å²) in [5.74, 6) is -1.62. The zero-order valence-corrected chi connectivity index (χ0v) is 14.7. The number of amides is 3. The Hall–Kier alpha value is -2.18. The standard InChI is InChI=1S/C18H24F2N2O3/c1-4-5-13(8-11(2)3)21-17(23)22-16(10-25-18(22)24)12-6-7-14(19)15(20)9-12/h6-7,9,11,13,16H,4-5,8,10H2,1-3H3,(H,21,23). The van der Waals surface area contributed by atoms with Crippen LogP contribution in [0.25, 0.3) is 0 Å². The van der Waals surface area contributed by atoms with Crippen molar-refractivity contribution in [1.29, 1.82) is 0 Å². The van der Waals surface area contributed by atoms with Crippen LogP contribution >= 0.6 is 0 Å². The molecule has 0 bridgehead atoms. The fourth-order valence-electron chi connectivity index (χ4n) is 3.02. The van der Waals surface area contributed by atoms with Gasteiger partial charge in [0.05, 0.1) is 0 Å². The summed E-state index contributed by atoms with van der Waals surface area (Å²) in [6.07, 6.45) is 1.70. The van der Waals surface area contributed by atoms with Gasteiger partial charge in [-0.2, -0.15) is 0 Å². The third-order valence-electron chi connectivity index (χ3n) is 4.14. The smallest absolute Gasteiger partial charge is 0.418 e. The minimum atomic E-state index is -1.03. The van der Waals surface area contributed by atoms with Gasteiger partial charge in [0.1, 0.15) is 12.6 Å². The van der Waals surface area contributed by atoms with Crippen LogP contribution in [0, 0.1) is 17.6 Å². The number of halogens is 2. The number of nitrogens with zero attached hydrogens (tertiary/aromatic N) is 1. The molecule has 2 rings (SSSR count). The molecule has 0 saturated carbocycles. The van der Waals surface area contributed by atoms with Gasteiger partial charge in [-0.1, -0.05) is 33.3 Å². The summed E-state index contributed by atoms with van der Waals surface area (Å²) in [7, 11) is 0. The maximum absolute atomic E-state index is 13.5. The van der Waals surface area contributed by atoms with E-state index >= 15 is 0 Å². The van der Waals surface area contributed by atoms with Crippen molar-refractivity contribution in [2.45, 2.75) is 52.1 Å². The van der Waals surface area contributed by atoms with Crippen molar-refractivity contribution in [1.82, 2.24) is 10.2 Å². The van der Waals surface area contributed by atoms with E-state index in [1.807, 2.05) is 6.92 Å². The predicted octanol–water partition coefficient (Wildman–Crippen LogP) is 4.38. The summed E-state index contributed by atoms with van der Waals surface area (Å²) < 4.78 is 31.6. The van der Waals surface area contributed by atoms with E-state index in [1.165, 1.54) is 6.07 Å². The van der Waals surface area contributed by atoms with Crippen LogP contribution in [-0.2, 0) is 4.74 Å². The van der Waals surface area contributed by atoms with Crippen molar-refractivity contribution >= 4 is 12.1 Å². The van der Waals surface area contributed by atoms with Gasteiger partial charge in [0.15, 0.2) is 11.6 Å². The molecule has 5 nitrogen and oxygen atoms in total. The Kier molecular flexibility index (Phi) is 6.33. The molecule has 7 heteroatoms. The van der Waals surface area contributed by atoms with Gasteiger partial charge in [-0.05, 0) is 36.5 Å². The Balaban J connectivity index is 2.17. The zero-order valence-electron chi connectivity index (χ0n) is 14.7. The van der Waals surface area contributed by atoms with E-state index < -0.39 is 29.8 Å². The van der Waals surface area contributed by atoms with Crippen LogP contribution < -0.4 is 5.32 Å². The first-order valence-corrected chi connectivity index (χ1v) is 8.54. The molecule has 0 radical (unpaired) electrons. The van der Waals surface area contributed by atoms with Gasteiger partial charge in [-0.3, -0.25) is 0 Å². The molecule has 1 heterocycles. The van der Waals surface area contributed by atoms with Gasteiger partial charge >= 0.3 is 12.1 Å². The first kappa shape index (κ1) is 19.1. The first-order chi connectivity index (χ1) is 11.8. The van der Waals surface area contributed by atoms with E-state index in [2.05, 4.69) is 19.2 Å². The summed E-state index contributed by atoms with van der Waals surface area (Å²) in [6, 6.07) is 1.90. The number of nitrogens with one attached hydrogen (secondary N) is 1.